The number of anilines is 1. The zero-order chi connectivity index (χ0) is 14.8. The third kappa shape index (κ3) is 2.96. The van der Waals surface area contributed by atoms with Gasteiger partial charge in [0.2, 0.25) is 11.9 Å². The second-order valence-electron chi connectivity index (χ2n) is 5.53. The van der Waals surface area contributed by atoms with Crippen molar-refractivity contribution in [1.82, 2.24) is 14.9 Å². The minimum Gasteiger partial charge on any atom is -0.341 e. The van der Waals surface area contributed by atoms with Crippen molar-refractivity contribution in [2.75, 3.05) is 24.5 Å². The highest BCUT2D eigenvalue weighted by atomic mass is 19.3. The second-order valence-corrected chi connectivity index (χ2v) is 5.53. The van der Waals surface area contributed by atoms with Crippen molar-refractivity contribution in [3.05, 3.63) is 18.0 Å². The topological polar surface area (TPSA) is 49.3 Å². The van der Waals surface area contributed by atoms with Crippen LogP contribution in [0.1, 0.15) is 37.7 Å². The molecule has 0 saturated carbocycles. The summed E-state index contributed by atoms with van der Waals surface area (Å²) in [6.45, 7) is 2.37. The number of carbonyl (C=O) groups excluding carboxylic acids is 1. The van der Waals surface area contributed by atoms with E-state index in [1.54, 1.807) is 0 Å². The smallest absolute Gasteiger partial charge is 0.266 e. The molecule has 3 rings (SSSR count). The molecule has 0 aromatic carbocycles. The van der Waals surface area contributed by atoms with E-state index in [2.05, 4.69) is 9.97 Å². The Balaban J connectivity index is 1.59. The SMILES string of the molecule is O=C1CCCN1C1CCN(c2ncc(C(F)F)cn2)CC1. The lowest BCUT2D eigenvalue weighted by molar-refractivity contribution is -0.130. The highest BCUT2D eigenvalue weighted by Gasteiger charge is 2.31. The quantitative estimate of drug-likeness (QED) is 0.856. The maximum atomic E-state index is 12.5. The zero-order valence-corrected chi connectivity index (χ0v) is 11.7. The maximum absolute atomic E-state index is 12.5. The minimum atomic E-state index is -2.54. The second kappa shape index (κ2) is 5.91. The Morgan fingerprint density at radius 3 is 2.33 bits per heavy atom. The molecular weight excluding hydrogens is 278 g/mol. The van der Waals surface area contributed by atoms with Crippen LogP contribution in [0.4, 0.5) is 14.7 Å². The Bertz CT molecular complexity index is 500. The molecule has 0 N–H and O–H groups in total. The molecule has 3 heterocycles. The molecule has 21 heavy (non-hydrogen) atoms. The minimum absolute atomic E-state index is 0.156. The Hall–Kier alpha value is -1.79. The number of hydrogen-bond donors (Lipinski definition) is 0. The largest absolute Gasteiger partial charge is 0.341 e. The van der Waals surface area contributed by atoms with E-state index in [1.807, 2.05) is 9.80 Å². The molecule has 2 fully saturated rings. The van der Waals surface area contributed by atoms with Gasteiger partial charge >= 0.3 is 0 Å². The third-order valence-corrected chi connectivity index (χ3v) is 4.21. The van der Waals surface area contributed by atoms with Crippen LogP contribution in [0.3, 0.4) is 0 Å². The number of halogens is 2. The van der Waals surface area contributed by atoms with Gasteiger partial charge in [0.15, 0.2) is 0 Å². The predicted molar refractivity (Wildman–Crippen MR) is 73.2 cm³/mol. The van der Waals surface area contributed by atoms with Crippen LogP contribution in [-0.2, 0) is 4.79 Å². The van der Waals surface area contributed by atoms with Gasteiger partial charge in [-0.1, -0.05) is 0 Å². The van der Waals surface area contributed by atoms with E-state index in [0.717, 1.165) is 38.9 Å². The fourth-order valence-corrected chi connectivity index (χ4v) is 3.04. The van der Waals surface area contributed by atoms with E-state index in [1.165, 1.54) is 12.4 Å². The van der Waals surface area contributed by atoms with Crippen molar-refractivity contribution in [3.63, 3.8) is 0 Å². The van der Waals surface area contributed by atoms with Crippen LogP contribution in [-0.4, -0.2) is 46.5 Å². The molecule has 2 aliphatic heterocycles. The highest BCUT2D eigenvalue weighted by molar-refractivity contribution is 5.78. The average molecular weight is 296 g/mol. The van der Waals surface area contributed by atoms with Crippen molar-refractivity contribution >= 4 is 11.9 Å². The first-order valence-corrected chi connectivity index (χ1v) is 7.29. The molecular formula is C14H18F2N4O. The summed E-state index contributed by atoms with van der Waals surface area (Å²) in [6, 6.07) is 0.302. The number of carbonyl (C=O) groups is 1. The summed E-state index contributed by atoms with van der Waals surface area (Å²) in [4.78, 5) is 23.8. The molecule has 0 atom stereocenters. The van der Waals surface area contributed by atoms with Crippen LogP contribution in [0, 0.1) is 0 Å². The molecule has 0 aliphatic carbocycles. The number of amides is 1. The van der Waals surface area contributed by atoms with Crippen molar-refractivity contribution in [2.45, 2.75) is 38.2 Å². The normalized spacial score (nSPS) is 20.6. The monoisotopic (exact) mass is 296 g/mol. The molecule has 114 valence electrons. The summed E-state index contributed by atoms with van der Waals surface area (Å²) < 4.78 is 24.9. The van der Waals surface area contributed by atoms with E-state index in [4.69, 9.17) is 0 Å². The van der Waals surface area contributed by atoms with Crippen molar-refractivity contribution < 1.29 is 13.6 Å². The van der Waals surface area contributed by atoms with Crippen molar-refractivity contribution in [2.24, 2.45) is 0 Å². The van der Waals surface area contributed by atoms with Gasteiger partial charge in [-0.05, 0) is 19.3 Å². The molecule has 1 aromatic heterocycles. The molecule has 5 nitrogen and oxygen atoms in total. The molecule has 2 saturated heterocycles. The van der Waals surface area contributed by atoms with Gasteiger partial charge < -0.3 is 9.80 Å². The van der Waals surface area contributed by atoms with Gasteiger partial charge in [0.05, 0.1) is 5.56 Å². The van der Waals surface area contributed by atoms with E-state index in [0.29, 0.717) is 18.4 Å². The predicted octanol–water partition coefficient (Wildman–Crippen LogP) is 2.01. The Labute approximate surface area is 122 Å². The Morgan fingerprint density at radius 2 is 1.81 bits per heavy atom. The Kier molecular flexibility index (Phi) is 3.98. The summed E-state index contributed by atoms with van der Waals surface area (Å²) in [5, 5.41) is 0. The van der Waals surface area contributed by atoms with Gasteiger partial charge in [-0.2, -0.15) is 0 Å². The lowest BCUT2D eigenvalue weighted by Crippen LogP contribution is -2.45. The summed E-state index contributed by atoms with van der Waals surface area (Å²) in [6.07, 6.45) is 3.21. The van der Waals surface area contributed by atoms with Gasteiger partial charge in [-0.25, -0.2) is 18.7 Å². The van der Waals surface area contributed by atoms with Crippen molar-refractivity contribution in [1.29, 1.82) is 0 Å². The zero-order valence-electron chi connectivity index (χ0n) is 11.7. The van der Waals surface area contributed by atoms with Crippen LogP contribution in [0.15, 0.2) is 12.4 Å². The maximum Gasteiger partial charge on any atom is 0.266 e. The number of alkyl halides is 2. The van der Waals surface area contributed by atoms with Crippen LogP contribution in [0.5, 0.6) is 0 Å². The molecule has 7 heteroatoms. The number of likely N-dealkylation sites (tertiary alicyclic amines) is 1. The van der Waals surface area contributed by atoms with Gasteiger partial charge in [0, 0.05) is 44.5 Å². The number of aromatic nitrogens is 2. The molecule has 1 aromatic rings. The molecule has 0 bridgehead atoms. The van der Waals surface area contributed by atoms with E-state index in [-0.39, 0.29) is 11.5 Å². The number of rotatable bonds is 3. The van der Waals surface area contributed by atoms with Gasteiger partial charge in [-0.15, -0.1) is 0 Å². The van der Waals surface area contributed by atoms with E-state index in [9.17, 15) is 13.6 Å². The average Bonchev–Trinajstić information content (AvgIpc) is 2.94. The first kappa shape index (κ1) is 14.2. The van der Waals surface area contributed by atoms with E-state index >= 15 is 0 Å². The van der Waals surface area contributed by atoms with Crippen LogP contribution in [0.2, 0.25) is 0 Å². The lowest BCUT2D eigenvalue weighted by atomic mass is 10.0. The first-order chi connectivity index (χ1) is 10.1. The fourth-order valence-electron chi connectivity index (χ4n) is 3.04. The first-order valence-electron chi connectivity index (χ1n) is 7.29. The number of hydrogen-bond acceptors (Lipinski definition) is 4. The van der Waals surface area contributed by atoms with Gasteiger partial charge in [0.1, 0.15) is 0 Å². The third-order valence-electron chi connectivity index (χ3n) is 4.21. The molecule has 0 unspecified atom stereocenters. The summed E-state index contributed by atoms with van der Waals surface area (Å²) in [7, 11) is 0. The van der Waals surface area contributed by atoms with E-state index < -0.39 is 6.43 Å². The number of piperidine rings is 1. The van der Waals surface area contributed by atoms with Crippen LogP contribution in [0.25, 0.3) is 0 Å². The lowest BCUT2D eigenvalue weighted by Gasteiger charge is -2.36. The summed E-state index contributed by atoms with van der Waals surface area (Å²) in [5.74, 6) is 0.747. The van der Waals surface area contributed by atoms with Gasteiger partial charge in [-0.3, -0.25) is 4.79 Å². The molecule has 1 amide bonds. The van der Waals surface area contributed by atoms with Crippen molar-refractivity contribution in [3.8, 4) is 0 Å². The Morgan fingerprint density at radius 1 is 1.14 bits per heavy atom. The number of nitrogens with zero attached hydrogens (tertiary/aromatic N) is 4. The molecule has 2 aliphatic rings. The highest BCUT2D eigenvalue weighted by Crippen LogP contribution is 2.24. The van der Waals surface area contributed by atoms with Gasteiger partial charge in [0.25, 0.3) is 6.43 Å². The summed E-state index contributed by atoms with van der Waals surface area (Å²) in [5.41, 5.74) is -0.156. The van der Waals surface area contributed by atoms with Crippen LogP contribution >= 0.6 is 0 Å². The molecule has 0 radical (unpaired) electrons. The summed E-state index contributed by atoms with van der Waals surface area (Å²) >= 11 is 0. The fraction of sp³-hybridized carbons (Fsp3) is 0.643. The molecule has 0 spiro atoms. The standard InChI is InChI=1S/C14H18F2N4O/c15-13(16)10-8-17-14(18-9-10)19-6-3-11(4-7-19)20-5-1-2-12(20)21/h8-9,11,13H,1-7H2. The van der Waals surface area contributed by atoms with Crippen LogP contribution < -0.4 is 4.90 Å².